The average Bonchev–Trinajstić information content (AvgIpc) is 2.49. The maximum absolute atomic E-state index is 13.6. The lowest BCUT2D eigenvalue weighted by molar-refractivity contribution is -0.114. The fraction of sp³-hybridized carbons (Fsp3) is 0.0909. The summed E-state index contributed by atoms with van der Waals surface area (Å²) in [5, 5.41) is 0.167. The highest BCUT2D eigenvalue weighted by Crippen LogP contribution is 2.36. The molecule has 17 heavy (non-hydrogen) atoms. The van der Waals surface area contributed by atoms with Gasteiger partial charge in [0.1, 0.15) is 5.82 Å². The summed E-state index contributed by atoms with van der Waals surface area (Å²) in [6.07, 6.45) is 0. The molecule has 1 aromatic rings. The minimum absolute atomic E-state index is 0.0439. The summed E-state index contributed by atoms with van der Waals surface area (Å²) >= 11 is 11.4. The van der Waals surface area contributed by atoms with Crippen molar-refractivity contribution in [2.24, 2.45) is 0 Å². The van der Waals surface area contributed by atoms with Gasteiger partial charge in [-0.25, -0.2) is 4.39 Å². The third-order valence-electron chi connectivity index (χ3n) is 2.34. The summed E-state index contributed by atoms with van der Waals surface area (Å²) in [7, 11) is 0. The Bertz CT molecular complexity index is 557. The molecule has 0 saturated carbocycles. The van der Waals surface area contributed by atoms with Crippen molar-refractivity contribution in [3.05, 3.63) is 40.1 Å². The molecule has 0 aliphatic carbocycles. The van der Waals surface area contributed by atoms with Gasteiger partial charge in [0.15, 0.2) is 0 Å². The molecule has 3 nitrogen and oxygen atoms in total. The van der Waals surface area contributed by atoms with Gasteiger partial charge in [-0.05, 0) is 12.1 Å². The Balaban J connectivity index is 2.63. The zero-order valence-electron chi connectivity index (χ0n) is 8.47. The van der Waals surface area contributed by atoms with Gasteiger partial charge < -0.3 is 0 Å². The van der Waals surface area contributed by atoms with Gasteiger partial charge in [0, 0.05) is 5.03 Å². The molecule has 0 unspecified atom stereocenters. The van der Waals surface area contributed by atoms with Crippen LogP contribution in [0.25, 0.3) is 0 Å². The Morgan fingerprint density at radius 3 is 2.65 bits per heavy atom. The summed E-state index contributed by atoms with van der Waals surface area (Å²) < 4.78 is 13.6. The molecule has 0 fully saturated rings. The summed E-state index contributed by atoms with van der Waals surface area (Å²) in [5.74, 6) is -2.38. The second-order valence-corrected chi connectivity index (χ2v) is 4.43. The number of anilines is 1. The number of fused-ring (bicyclic) bond motifs is 1. The van der Waals surface area contributed by atoms with Crippen LogP contribution in [0.15, 0.2) is 23.7 Å². The van der Waals surface area contributed by atoms with E-state index >= 15 is 0 Å². The van der Waals surface area contributed by atoms with Crippen LogP contribution in [0.5, 0.6) is 0 Å². The summed E-state index contributed by atoms with van der Waals surface area (Å²) in [6.45, 7) is 3.28. The van der Waals surface area contributed by atoms with Gasteiger partial charge in [0.05, 0.1) is 22.8 Å². The van der Waals surface area contributed by atoms with E-state index in [1.807, 2.05) is 0 Å². The molecule has 2 rings (SSSR count). The Labute approximate surface area is 106 Å². The van der Waals surface area contributed by atoms with Crippen molar-refractivity contribution in [1.29, 1.82) is 0 Å². The van der Waals surface area contributed by atoms with Crippen LogP contribution in [0.1, 0.15) is 10.4 Å². The maximum atomic E-state index is 13.6. The van der Waals surface area contributed by atoms with Crippen LogP contribution in [-0.4, -0.2) is 18.2 Å². The first kappa shape index (κ1) is 12.1. The molecule has 0 N–H and O–H groups in total. The second kappa shape index (κ2) is 4.13. The van der Waals surface area contributed by atoms with Gasteiger partial charge in [-0.1, -0.05) is 29.8 Å². The van der Waals surface area contributed by atoms with Crippen molar-refractivity contribution in [2.75, 3.05) is 11.4 Å². The predicted molar refractivity (Wildman–Crippen MR) is 63.1 cm³/mol. The van der Waals surface area contributed by atoms with Crippen LogP contribution >= 0.6 is 23.2 Å². The summed E-state index contributed by atoms with van der Waals surface area (Å²) in [5.41, 5.74) is -0.246. The fourth-order valence-corrected chi connectivity index (χ4v) is 2.03. The standard InChI is InChI=1S/C11H6Cl2FNO2/c1-5(12)4-15-9-7(14)3-2-6(13)8(9)10(16)11(15)17/h2-3H,1,4H2. The molecule has 88 valence electrons. The van der Waals surface area contributed by atoms with Gasteiger partial charge in [0.2, 0.25) is 0 Å². The molecular formula is C11H6Cl2FNO2. The van der Waals surface area contributed by atoms with E-state index in [1.165, 1.54) is 6.07 Å². The zero-order chi connectivity index (χ0) is 12.7. The molecular weight excluding hydrogens is 268 g/mol. The van der Waals surface area contributed by atoms with E-state index < -0.39 is 17.5 Å². The largest absolute Gasteiger partial charge is 0.299 e. The van der Waals surface area contributed by atoms with Crippen LogP contribution in [-0.2, 0) is 4.79 Å². The number of carbonyl (C=O) groups excluding carboxylic acids is 2. The molecule has 0 aromatic heterocycles. The number of ketones is 1. The number of amides is 1. The molecule has 1 amide bonds. The molecule has 0 saturated heterocycles. The van der Waals surface area contributed by atoms with Crippen molar-refractivity contribution in [3.8, 4) is 0 Å². The quantitative estimate of drug-likeness (QED) is 0.777. The summed E-state index contributed by atoms with van der Waals surface area (Å²) in [6, 6.07) is 2.33. The van der Waals surface area contributed by atoms with E-state index in [4.69, 9.17) is 23.2 Å². The highest BCUT2D eigenvalue weighted by atomic mass is 35.5. The number of halogens is 3. The highest BCUT2D eigenvalue weighted by molar-refractivity contribution is 6.55. The molecule has 1 aliphatic heterocycles. The Hall–Kier alpha value is -1.39. The summed E-state index contributed by atoms with van der Waals surface area (Å²) in [4.78, 5) is 24.2. The van der Waals surface area contributed by atoms with Crippen LogP contribution in [0.4, 0.5) is 10.1 Å². The normalized spacial score (nSPS) is 14.2. The van der Waals surface area contributed by atoms with Crippen molar-refractivity contribution >= 4 is 40.6 Å². The molecule has 0 radical (unpaired) electrons. The molecule has 1 aliphatic rings. The number of rotatable bonds is 2. The van der Waals surface area contributed by atoms with Crippen LogP contribution < -0.4 is 4.90 Å². The topological polar surface area (TPSA) is 37.4 Å². The number of hydrogen-bond acceptors (Lipinski definition) is 2. The van der Waals surface area contributed by atoms with Gasteiger partial charge >= 0.3 is 0 Å². The molecule has 0 atom stereocenters. The lowest BCUT2D eigenvalue weighted by atomic mass is 10.1. The fourth-order valence-electron chi connectivity index (χ4n) is 1.67. The minimum Gasteiger partial charge on any atom is -0.297 e. The molecule has 1 aromatic carbocycles. The highest BCUT2D eigenvalue weighted by Gasteiger charge is 2.39. The van der Waals surface area contributed by atoms with Crippen molar-refractivity contribution < 1.29 is 14.0 Å². The van der Waals surface area contributed by atoms with Gasteiger partial charge in [-0.2, -0.15) is 0 Å². The monoisotopic (exact) mass is 273 g/mol. The number of nitrogens with zero attached hydrogens (tertiary/aromatic N) is 1. The smallest absolute Gasteiger partial charge is 0.297 e. The predicted octanol–water partition coefficient (Wildman–Crippen LogP) is 2.76. The third kappa shape index (κ3) is 1.83. The molecule has 1 heterocycles. The number of benzene rings is 1. The van der Waals surface area contributed by atoms with E-state index in [1.54, 1.807) is 0 Å². The van der Waals surface area contributed by atoms with Gasteiger partial charge in [-0.3, -0.25) is 14.5 Å². The van der Waals surface area contributed by atoms with Crippen molar-refractivity contribution in [2.45, 2.75) is 0 Å². The Kier molecular flexibility index (Phi) is 2.93. The first-order chi connectivity index (χ1) is 7.93. The first-order valence-corrected chi connectivity index (χ1v) is 5.36. The average molecular weight is 274 g/mol. The number of carbonyl (C=O) groups is 2. The number of hydrogen-bond donors (Lipinski definition) is 0. The maximum Gasteiger partial charge on any atom is 0.299 e. The van der Waals surface area contributed by atoms with Crippen molar-refractivity contribution in [1.82, 2.24) is 0 Å². The van der Waals surface area contributed by atoms with E-state index in [0.29, 0.717) is 0 Å². The molecule has 0 bridgehead atoms. The SMILES string of the molecule is C=C(Cl)CN1C(=O)C(=O)c2c(Cl)ccc(F)c21. The zero-order valence-corrected chi connectivity index (χ0v) is 9.98. The van der Waals surface area contributed by atoms with Crippen LogP contribution in [0, 0.1) is 5.82 Å². The third-order valence-corrected chi connectivity index (χ3v) is 2.78. The van der Waals surface area contributed by atoms with E-state index in [2.05, 4.69) is 6.58 Å². The van der Waals surface area contributed by atoms with Crippen molar-refractivity contribution in [3.63, 3.8) is 0 Å². The lowest BCUT2D eigenvalue weighted by Gasteiger charge is -2.16. The van der Waals surface area contributed by atoms with E-state index in [-0.39, 0.29) is 27.9 Å². The number of Topliss-reactive ketones (excluding diaryl/α,β-unsaturated/α-hetero) is 1. The van der Waals surface area contributed by atoms with Crippen LogP contribution in [0.3, 0.4) is 0 Å². The molecule has 0 spiro atoms. The molecule has 6 heteroatoms. The van der Waals surface area contributed by atoms with Gasteiger partial charge in [0.25, 0.3) is 11.7 Å². The lowest BCUT2D eigenvalue weighted by Crippen LogP contribution is -2.31. The Morgan fingerprint density at radius 1 is 1.41 bits per heavy atom. The van der Waals surface area contributed by atoms with Gasteiger partial charge in [-0.15, -0.1) is 0 Å². The Morgan fingerprint density at radius 2 is 2.06 bits per heavy atom. The van der Waals surface area contributed by atoms with E-state index in [9.17, 15) is 14.0 Å². The van der Waals surface area contributed by atoms with E-state index in [0.717, 1.165) is 11.0 Å². The van der Waals surface area contributed by atoms with Crippen LogP contribution in [0.2, 0.25) is 5.02 Å². The second-order valence-electron chi connectivity index (χ2n) is 3.49. The first-order valence-electron chi connectivity index (χ1n) is 4.61. The minimum atomic E-state index is -0.853.